The number of hydrogen-bond acceptors (Lipinski definition) is 7. The monoisotopic (exact) mass is 391 g/mol. The van der Waals surface area contributed by atoms with Crippen molar-refractivity contribution in [1.29, 1.82) is 0 Å². The maximum absolute atomic E-state index is 13.0. The van der Waals surface area contributed by atoms with Gasteiger partial charge in [0, 0.05) is 18.7 Å². The number of nitro groups is 1. The maximum atomic E-state index is 13.0. The summed E-state index contributed by atoms with van der Waals surface area (Å²) in [6, 6.07) is 12.2. The molecule has 0 N–H and O–H groups in total. The van der Waals surface area contributed by atoms with Crippen molar-refractivity contribution in [2.24, 2.45) is 0 Å². The van der Waals surface area contributed by atoms with E-state index in [2.05, 4.69) is 0 Å². The zero-order chi connectivity index (χ0) is 19.6. The van der Waals surface area contributed by atoms with Gasteiger partial charge in [-0.1, -0.05) is 24.3 Å². The molecule has 0 bridgehead atoms. The molecule has 27 heavy (non-hydrogen) atoms. The number of hydrogen-bond donors (Lipinski definition) is 0. The van der Waals surface area contributed by atoms with Crippen LogP contribution in [0.15, 0.2) is 53.4 Å². The molecule has 0 unspecified atom stereocenters. The standard InChI is InChI=1S/C17H17N3O6S/c1-26-17(21)11-18-12-19(10-13-5-4-6-14(9-13)20(22)23)27(24,25)16-8-3-2-7-15(16)18/h2-9H,10-12H2,1H3. The van der Waals surface area contributed by atoms with Crippen molar-refractivity contribution in [3.05, 3.63) is 64.2 Å². The lowest BCUT2D eigenvalue weighted by molar-refractivity contribution is -0.384. The normalized spacial score (nSPS) is 15.8. The van der Waals surface area contributed by atoms with Crippen molar-refractivity contribution in [2.45, 2.75) is 11.4 Å². The fraction of sp³-hybridized carbons (Fsp3) is 0.235. The van der Waals surface area contributed by atoms with Gasteiger partial charge in [0.15, 0.2) is 0 Å². The lowest BCUT2D eigenvalue weighted by atomic mass is 10.2. The molecule has 2 aromatic carbocycles. The number of nitro benzene ring substituents is 1. The molecule has 0 spiro atoms. The summed E-state index contributed by atoms with van der Waals surface area (Å²) in [6.07, 6.45) is 0. The average molecular weight is 391 g/mol. The molecular weight excluding hydrogens is 374 g/mol. The van der Waals surface area contributed by atoms with Gasteiger partial charge in [-0.2, -0.15) is 4.31 Å². The number of ether oxygens (including phenoxy) is 1. The van der Waals surface area contributed by atoms with E-state index in [1.807, 2.05) is 0 Å². The van der Waals surface area contributed by atoms with E-state index in [0.717, 1.165) is 0 Å². The highest BCUT2D eigenvalue weighted by Gasteiger charge is 2.36. The molecule has 0 aromatic heterocycles. The van der Waals surface area contributed by atoms with E-state index < -0.39 is 20.9 Å². The minimum Gasteiger partial charge on any atom is -0.468 e. The van der Waals surface area contributed by atoms with Crippen LogP contribution in [0.25, 0.3) is 0 Å². The van der Waals surface area contributed by atoms with Crippen LogP contribution in [0.3, 0.4) is 0 Å². The smallest absolute Gasteiger partial charge is 0.325 e. The number of benzene rings is 2. The van der Waals surface area contributed by atoms with Crippen molar-refractivity contribution in [3.8, 4) is 0 Å². The number of anilines is 1. The summed E-state index contributed by atoms with van der Waals surface area (Å²) in [6.45, 7) is -0.248. The zero-order valence-corrected chi connectivity index (χ0v) is 15.3. The van der Waals surface area contributed by atoms with Gasteiger partial charge in [-0.3, -0.25) is 14.9 Å². The van der Waals surface area contributed by atoms with Crippen LogP contribution in [-0.2, 0) is 26.1 Å². The van der Waals surface area contributed by atoms with Crippen molar-refractivity contribution in [1.82, 2.24) is 4.31 Å². The van der Waals surface area contributed by atoms with Crippen molar-refractivity contribution >= 4 is 27.4 Å². The van der Waals surface area contributed by atoms with Crippen LogP contribution in [0.5, 0.6) is 0 Å². The van der Waals surface area contributed by atoms with Gasteiger partial charge in [0.1, 0.15) is 11.4 Å². The van der Waals surface area contributed by atoms with Crippen LogP contribution in [0.4, 0.5) is 11.4 Å². The van der Waals surface area contributed by atoms with Gasteiger partial charge in [0.05, 0.1) is 24.4 Å². The Morgan fingerprint density at radius 3 is 2.67 bits per heavy atom. The average Bonchev–Trinajstić information content (AvgIpc) is 2.66. The first-order valence-electron chi connectivity index (χ1n) is 7.97. The molecule has 1 aliphatic heterocycles. The molecule has 142 valence electrons. The van der Waals surface area contributed by atoms with Crippen LogP contribution < -0.4 is 4.90 Å². The third-order valence-electron chi connectivity index (χ3n) is 4.18. The predicted octanol–water partition coefficient (Wildman–Crippen LogP) is 1.74. The first-order valence-corrected chi connectivity index (χ1v) is 9.41. The Balaban J connectivity index is 1.97. The summed E-state index contributed by atoms with van der Waals surface area (Å²) >= 11 is 0. The molecule has 0 amide bonds. The number of sulfonamides is 1. The second-order valence-electron chi connectivity index (χ2n) is 5.93. The number of para-hydroxylation sites is 1. The zero-order valence-electron chi connectivity index (χ0n) is 14.4. The highest BCUT2D eigenvalue weighted by molar-refractivity contribution is 7.89. The number of esters is 1. The Morgan fingerprint density at radius 1 is 1.22 bits per heavy atom. The molecule has 0 atom stereocenters. The second kappa shape index (κ2) is 7.33. The maximum Gasteiger partial charge on any atom is 0.325 e. The Labute approximate surface area is 156 Å². The van der Waals surface area contributed by atoms with Gasteiger partial charge in [0.25, 0.3) is 5.69 Å². The van der Waals surface area contributed by atoms with Crippen molar-refractivity contribution in [3.63, 3.8) is 0 Å². The molecule has 0 aliphatic carbocycles. The van der Waals surface area contributed by atoms with Gasteiger partial charge in [-0.05, 0) is 17.7 Å². The summed E-state index contributed by atoms with van der Waals surface area (Å²) in [5.74, 6) is -0.501. The molecular formula is C17H17N3O6S. The minimum atomic E-state index is -3.82. The molecule has 2 aromatic rings. The van der Waals surface area contributed by atoms with E-state index >= 15 is 0 Å². The van der Waals surface area contributed by atoms with E-state index in [-0.39, 0.29) is 30.3 Å². The molecule has 9 nitrogen and oxygen atoms in total. The molecule has 10 heteroatoms. The fourth-order valence-electron chi connectivity index (χ4n) is 2.88. The van der Waals surface area contributed by atoms with Crippen LogP contribution >= 0.6 is 0 Å². The van der Waals surface area contributed by atoms with Crippen molar-refractivity contribution in [2.75, 3.05) is 25.2 Å². The van der Waals surface area contributed by atoms with Crippen molar-refractivity contribution < 1.29 is 22.9 Å². The number of nitrogens with zero attached hydrogens (tertiary/aromatic N) is 3. The molecule has 0 saturated carbocycles. The molecule has 0 radical (unpaired) electrons. The summed E-state index contributed by atoms with van der Waals surface area (Å²) in [7, 11) is -2.56. The van der Waals surface area contributed by atoms with Gasteiger partial charge < -0.3 is 9.64 Å². The van der Waals surface area contributed by atoms with Crippen LogP contribution in [0.1, 0.15) is 5.56 Å². The predicted molar refractivity (Wildman–Crippen MR) is 96.5 cm³/mol. The second-order valence-corrected chi connectivity index (χ2v) is 7.83. The molecule has 3 rings (SSSR count). The number of carbonyl (C=O) groups is 1. The summed E-state index contributed by atoms with van der Waals surface area (Å²) in [5.41, 5.74) is 0.775. The third-order valence-corrected chi connectivity index (χ3v) is 6.01. The Hall–Kier alpha value is -2.98. The summed E-state index contributed by atoms with van der Waals surface area (Å²) in [5, 5.41) is 11.0. The van der Waals surface area contributed by atoms with Gasteiger partial charge >= 0.3 is 5.97 Å². The number of fused-ring (bicyclic) bond motifs is 1. The SMILES string of the molecule is COC(=O)CN1CN(Cc2cccc([N+](=O)[O-])c2)S(=O)(=O)c2ccccc21. The topological polar surface area (TPSA) is 110 Å². The first kappa shape index (κ1) is 18.8. The van der Waals surface area contributed by atoms with E-state index in [1.165, 1.54) is 35.7 Å². The number of methoxy groups -OCH3 is 1. The minimum absolute atomic E-state index is 0.0595. The van der Waals surface area contributed by atoms with Gasteiger partial charge in [-0.25, -0.2) is 8.42 Å². The van der Waals surface area contributed by atoms with Crippen LogP contribution in [0, 0.1) is 10.1 Å². The van der Waals surface area contributed by atoms with Crippen LogP contribution in [0.2, 0.25) is 0 Å². The van der Waals surface area contributed by atoms with Gasteiger partial charge in [0.2, 0.25) is 10.0 Å². The largest absolute Gasteiger partial charge is 0.468 e. The number of rotatable bonds is 5. The molecule has 1 heterocycles. The van der Waals surface area contributed by atoms with E-state index in [4.69, 9.17) is 4.74 Å². The Kier molecular flexibility index (Phi) is 5.10. The van der Waals surface area contributed by atoms with E-state index in [0.29, 0.717) is 11.3 Å². The first-order chi connectivity index (χ1) is 12.8. The molecule has 0 saturated heterocycles. The van der Waals surface area contributed by atoms with Gasteiger partial charge in [-0.15, -0.1) is 0 Å². The van der Waals surface area contributed by atoms with E-state index in [1.54, 1.807) is 29.2 Å². The lowest BCUT2D eigenvalue weighted by Crippen LogP contribution is -2.47. The Bertz CT molecular complexity index is 992. The highest BCUT2D eigenvalue weighted by atomic mass is 32.2. The summed E-state index contributed by atoms with van der Waals surface area (Å²) < 4.78 is 31.8. The molecule has 0 fully saturated rings. The van der Waals surface area contributed by atoms with E-state index in [9.17, 15) is 23.3 Å². The third kappa shape index (κ3) is 3.76. The fourth-order valence-corrected chi connectivity index (χ4v) is 4.48. The lowest BCUT2D eigenvalue weighted by Gasteiger charge is -2.37. The number of non-ortho nitro benzene ring substituents is 1. The Morgan fingerprint density at radius 2 is 1.96 bits per heavy atom. The molecule has 1 aliphatic rings. The number of carbonyl (C=O) groups excluding carboxylic acids is 1. The summed E-state index contributed by atoms with van der Waals surface area (Å²) in [4.78, 5) is 23.8. The van der Waals surface area contributed by atoms with Crippen LogP contribution in [-0.4, -0.2) is 43.9 Å². The highest BCUT2D eigenvalue weighted by Crippen LogP contribution is 2.33. The quantitative estimate of drug-likeness (QED) is 0.434.